The Morgan fingerprint density at radius 1 is 0.875 bits per heavy atom. The third kappa shape index (κ3) is 3.13. The van der Waals surface area contributed by atoms with Crippen LogP contribution in [0.2, 0.25) is 0 Å². The Balaban J connectivity index is 1.94. The summed E-state index contributed by atoms with van der Waals surface area (Å²) < 4.78 is 10.6. The zero-order valence-electron chi connectivity index (χ0n) is 13.4. The molecule has 0 aliphatic heterocycles. The average molecular weight is 320 g/mol. The number of Topliss-reactive ketones (excluding diaryl/α,β-unsaturated/α-hetero) is 1. The van der Waals surface area contributed by atoms with Crippen molar-refractivity contribution in [2.45, 2.75) is 6.92 Å². The number of carbonyl (C=O) groups excluding carboxylic acids is 2. The number of ether oxygens (including phenoxy) is 2. The molecule has 0 spiro atoms. The lowest BCUT2D eigenvalue weighted by molar-refractivity contribution is 0.0732. The first-order valence-electron chi connectivity index (χ1n) is 7.48. The number of esters is 1. The molecule has 0 aromatic heterocycles. The minimum atomic E-state index is -0.517. The van der Waals surface area contributed by atoms with Gasteiger partial charge in [0.2, 0.25) is 0 Å². The van der Waals surface area contributed by atoms with Gasteiger partial charge in [-0.05, 0) is 42.0 Å². The minimum Gasteiger partial charge on any atom is -0.497 e. The van der Waals surface area contributed by atoms with E-state index in [2.05, 4.69) is 0 Å². The fraction of sp³-hybridized carbons (Fsp3) is 0.100. The summed E-state index contributed by atoms with van der Waals surface area (Å²) in [6, 6.07) is 17.9. The van der Waals surface area contributed by atoms with Crippen LogP contribution in [0.4, 0.5) is 0 Å². The molecule has 0 atom stereocenters. The van der Waals surface area contributed by atoms with E-state index >= 15 is 0 Å². The fourth-order valence-corrected chi connectivity index (χ4v) is 2.48. The predicted octanol–water partition coefficient (Wildman–Crippen LogP) is 4.27. The van der Waals surface area contributed by atoms with E-state index in [0.717, 1.165) is 10.8 Å². The van der Waals surface area contributed by atoms with Gasteiger partial charge < -0.3 is 9.47 Å². The molecule has 0 saturated heterocycles. The summed E-state index contributed by atoms with van der Waals surface area (Å²) >= 11 is 0. The minimum absolute atomic E-state index is 0.182. The number of benzene rings is 3. The zero-order valence-corrected chi connectivity index (χ0v) is 13.4. The van der Waals surface area contributed by atoms with Crippen molar-refractivity contribution >= 4 is 22.5 Å². The van der Waals surface area contributed by atoms with E-state index in [4.69, 9.17) is 9.47 Å². The molecule has 0 unspecified atom stereocenters. The van der Waals surface area contributed by atoms with E-state index in [-0.39, 0.29) is 11.5 Å². The molecule has 0 amide bonds. The van der Waals surface area contributed by atoms with E-state index in [1.165, 1.54) is 20.1 Å². The Labute approximate surface area is 139 Å². The van der Waals surface area contributed by atoms with Crippen molar-refractivity contribution in [3.05, 3.63) is 71.8 Å². The van der Waals surface area contributed by atoms with Crippen LogP contribution in [0, 0.1) is 0 Å². The summed E-state index contributed by atoms with van der Waals surface area (Å²) in [7, 11) is 1.51. The fourth-order valence-electron chi connectivity index (χ4n) is 2.48. The number of rotatable bonds is 4. The van der Waals surface area contributed by atoms with Gasteiger partial charge in [-0.25, -0.2) is 4.79 Å². The molecular weight excluding hydrogens is 304 g/mol. The molecule has 0 N–H and O–H groups in total. The van der Waals surface area contributed by atoms with Gasteiger partial charge in [-0.15, -0.1) is 0 Å². The Bertz CT molecular complexity index is 928. The quantitative estimate of drug-likeness (QED) is 0.409. The molecule has 24 heavy (non-hydrogen) atoms. The van der Waals surface area contributed by atoms with Gasteiger partial charge in [-0.1, -0.05) is 30.3 Å². The van der Waals surface area contributed by atoms with E-state index in [1.807, 2.05) is 30.3 Å². The summed E-state index contributed by atoms with van der Waals surface area (Å²) in [6.45, 7) is 1.43. The highest BCUT2D eigenvalue weighted by Gasteiger charge is 2.15. The van der Waals surface area contributed by atoms with Crippen LogP contribution in [-0.2, 0) is 0 Å². The van der Waals surface area contributed by atoms with Crippen LogP contribution in [0.3, 0.4) is 0 Å². The molecule has 3 rings (SSSR count). The van der Waals surface area contributed by atoms with Crippen LogP contribution < -0.4 is 9.47 Å². The third-order valence-electron chi connectivity index (χ3n) is 3.76. The molecule has 120 valence electrons. The summed E-state index contributed by atoms with van der Waals surface area (Å²) in [5, 5.41) is 1.99. The first kappa shape index (κ1) is 15.7. The lowest BCUT2D eigenvalue weighted by atomic mass is 10.1. The van der Waals surface area contributed by atoms with Gasteiger partial charge in [-0.3, -0.25) is 4.79 Å². The van der Waals surface area contributed by atoms with Crippen LogP contribution in [0.25, 0.3) is 10.8 Å². The van der Waals surface area contributed by atoms with E-state index < -0.39 is 5.97 Å². The highest BCUT2D eigenvalue weighted by molar-refractivity contribution is 6.00. The van der Waals surface area contributed by atoms with Crippen LogP contribution in [-0.4, -0.2) is 18.9 Å². The Morgan fingerprint density at radius 3 is 2.33 bits per heavy atom. The molecule has 0 fully saturated rings. The van der Waals surface area contributed by atoms with Crippen LogP contribution in [0.1, 0.15) is 27.6 Å². The van der Waals surface area contributed by atoms with Crippen LogP contribution in [0.5, 0.6) is 11.5 Å². The topological polar surface area (TPSA) is 52.6 Å². The molecule has 3 aromatic carbocycles. The average Bonchev–Trinajstić information content (AvgIpc) is 2.60. The van der Waals surface area contributed by atoms with Gasteiger partial charge in [0.05, 0.1) is 18.2 Å². The predicted molar refractivity (Wildman–Crippen MR) is 91.9 cm³/mol. The van der Waals surface area contributed by atoms with Gasteiger partial charge in [0, 0.05) is 6.07 Å². The zero-order chi connectivity index (χ0) is 17.1. The number of hydrogen-bond acceptors (Lipinski definition) is 4. The van der Waals surface area contributed by atoms with E-state index in [9.17, 15) is 9.59 Å². The Hall–Kier alpha value is -3.14. The maximum absolute atomic E-state index is 12.5. The molecule has 0 heterocycles. The number of carbonyl (C=O) groups is 2. The van der Waals surface area contributed by atoms with Gasteiger partial charge in [0.25, 0.3) is 0 Å². The van der Waals surface area contributed by atoms with Gasteiger partial charge in [0.1, 0.15) is 11.5 Å². The maximum atomic E-state index is 12.5. The number of methoxy groups -OCH3 is 1. The second-order valence-corrected chi connectivity index (χ2v) is 5.37. The summed E-state index contributed by atoms with van der Waals surface area (Å²) in [5.41, 5.74) is 0.760. The summed E-state index contributed by atoms with van der Waals surface area (Å²) in [5.74, 6) is 0.0109. The monoisotopic (exact) mass is 320 g/mol. The third-order valence-corrected chi connectivity index (χ3v) is 3.76. The molecule has 0 saturated carbocycles. The van der Waals surface area contributed by atoms with Crippen LogP contribution in [0.15, 0.2) is 60.7 Å². The lowest BCUT2D eigenvalue weighted by Crippen LogP contribution is -2.11. The van der Waals surface area contributed by atoms with Crippen molar-refractivity contribution < 1.29 is 19.1 Å². The highest BCUT2D eigenvalue weighted by atomic mass is 16.5. The highest BCUT2D eigenvalue weighted by Crippen LogP contribution is 2.26. The molecule has 0 aliphatic carbocycles. The SMILES string of the molecule is COc1ccc(C(C)=O)c(OC(=O)c2ccc3ccccc3c2)c1. The van der Waals surface area contributed by atoms with Crippen LogP contribution >= 0.6 is 0 Å². The van der Waals surface area contributed by atoms with E-state index in [1.54, 1.807) is 24.3 Å². The Kier molecular flexibility index (Phi) is 4.29. The van der Waals surface area contributed by atoms with Gasteiger partial charge in [-0.2, -0.15) is 0 Å². The van der Waals surface area contributed by atoms with Crippen molar-refractivity contribution in [3.8, 4) is 11.5 Å². The molecule has 0 aliphatic rings. The lowest BCUT2D eigenvalue weighted by Gasteiger charge is -2.10. The number of hydrogen-bond donors (Lipinski definition) is 0. The standard InChI is InChI=1S/C20H16O4/c1-13(21)18-10-9-17(23-2)12-19(18)24-20(22)16-8-7-14-5-3-4-6-15(14)11-16/h3-12H,1-2H3. The first-order valence-corrected chi connectivity index (χ1v) is 7.48. The van der Waals surface area contributed by atoms with Gasteiger partial charge in [0.15, 0.2) is 5.78 Å². The number of fused-ring (bicyclic) bond motifs is 1. The van der Waals surface area contributed by atoms with Crippen molar-refractivity contribution in [2.24, 2.45) is 0 Å². The smallest absolute Gasteiger partial charge is 0.343 e. The second kappa shape index (κ2) is 6.54. The Morgan fingerprint density at radius 2 is 1.62 bits per heavy atom. The number of ketones is 1. The summed E-state index contributed by atoms with van der Waals surface area (Å²) in [4.78, 5) is 24.2. The van der Waals surface area contributed by atoms with Gasteiger partial charge >= 0.3 is 5.97 Å². The molecule has 4 heteroatoms. The molecular formula is C20H16O4. The molecule has 4 nitrogen and oxygen atoms in total. The van der Waals surface area contributed by atoms with Crippen molar-refractivity contribution in [3.63, 3.8) is 0 Å². The first-order chi connectivity index (χ1) is 11.6. The largest absolute Gasteiger partial charge is 0.497 e. The molecule has 0 radical (unpaired) electrons. The molecule has 3 aromatic rings. The summed E-state index contributed by atoms with van der Waals surface area (Å²) in [6.07, 6.45) is 0. The maximum Gasteiger partial charge on any atom is 0.343 e. The van der Waals surface area contributed by atoms with E-state index in [0.29, 0.717) is 16.9 Å². The molecule has 0 bridgehead atoms. The van der Waals surface area contributed by atoms with Crippen molar-refractivity contribution in [1.82, 2.24) is 0 Å². The second-order valence-electron chi connectivity index (χ2n) is 5.37. The van der Waals surface area contributed by atoms with Crippen molar-refractivity contribution in [1.29, 1.82) is 0 Å². The van der Waals surface area contributed by atoms with Crippen molar-refractivity contribution in [2.75, 3.05) is 7.11 Å². The normalized spacial score (nSPS) is 10.4.